The van der Waals surface area contributed by atoms with Crippen molar-refractivity contribution in [2.45, 2.75) is 25.4 Å². The monoisotopic (exact) mass is 336 g/mol. The zero-order valence-corrected chi connectivity index (χ0v) is 11.0. The lowest BCUT2D eigenvalue weighted by Crippen LogP contribution is -2.33. The summed E-state index contributed by atoms with van der Waals surface area (Å²) in [4.78, 5) is 7.98. The van der Waals surface area contributed by atoms with Crippen molar-refractivity contribution >= 4 is 29.9 Å². The van der Waals surface area contributed by atoms with E-state index in [0.717, 1.165) is 12.8 Å². The highest BCUT2D eigenvalue weighted by Crippen LogP contribution is 2.18. The number of hydrogen-bond acceptors (Lipinski definition) is 2. The topological polar surface area (TPSA) is 63.3 Å². The van der Waals surface area contributed by atoms with E-state index in [1.807, 2.05) is 0 Å². The highest BCUT2D eigenvalue weighted by atomic mass is 127. The SMILES string of the molecule is I.NC(=NCc1ccc(F)cn1)NC1CC1. The lowest BCUT2D eigenvalue weighted by atomic mass is 10.3. The van der Waals surface area contributed by atoms with Gasteiger partial charge in [0.1, 0.15) is 5.82 Å². The van der Waals surface area contributed by atoms with Crippen LogP contribution in [0.15, 0.2) is 23.3 Å². The van der Waals surface area contributed by atoms with Crippen molar-refractivity contribution in [3.63, 3.8) is 0 Å². The van der Waals surface area contributed by atoms with Crippen LogP contribution in [0.4, 0.5) is 4.39 Å². The summed E-state index contributed by atoms with van der Waals surface area (Å²) in [5.74, 6) is 0.0930. The lowest BCUT2D eigenvalue weighted by Gasteiger charge is -2.02. The molecule has 1 aliphatic rings. The Kier molecular flexibility index (Phi) is 4.91. The van der Waals surface area contributed by atoms with Crippen LogP contribution in [0.2, 0.25) is 0 Å². The minimum Gasteiger partial charge on any atom is -0.370 e. The molecule has 1 aliphatic carbocycles. The number of hydrogen-bond donors (Lipinski definition) is 2. The number of halogens is 2. The number of pyridine rings is 1. The van der Waals surface area contributed by atoms with Crippen molar-refractivity contribution in [3.8, 4) is 0 Å². The Balaban J connectivity index is 0.00000128. The molecular formula is C10H14FIN4. The zero-order valence-electron chi connectivity index (χ0n) is 8.69. The van der Waals surface area contributed by atoms with Crippen LogP contribution in [0.1, 0.15) is 18.5 Å². The van der Waals surface area contributed by atoms with Crippen LogP contribution in [-0.4, -0.2) is 17.0 Å². The molecule has 0 bridgehead atoms. The Morgan fingerprint density at radius 2 is 2.31 bits per heavy atom. The summed E-state index contributed by atoms with van der Waals surface area (Å²) < 4.78 is 12.5. The molecule has 1 aromatic heterocycles. The molecule has 1 fully saturated rings. The average Bonchev–Trinajstić information content (AvgIpc) is 3.01. The summed E-state index contributed by atoms with van der Waals surface area (Å²) >= 11 is 0. The normalized spacial score (nSPS) is 15.4. The van der Waals surface area contributed by atoms with Gasteiger partial charge < -0.3 is 11.1 Å². The van der Waals surface area contributed by atoms with Crippen LogP contribution in [0.25, 0.3) is 0 Å². The lowest BCUT2D eigenvalue weighted by molar-refractivity contribution is 0.619. The van der Waals surface area contributed by atoms with Crippen molar-refractivity contribution < 1.29 is 4.39 Å². The largest absolute Gasteiger partial charge is 0.370 e. The van der Waals surface area contributed by atoms with Gasteiger partial charge in [-0.3, -0.25) is 4.98 Å². The van der Waals surface area contributed by atoms with Crippen molar-refractivity contribution in [3.05, 3.63) is 29.8 Å². The Morgan fingerprint density at radius 1 is 1.56 bits per heavy atom. The van der Waals surface area contributed by atoms with Gasteiger partial charge in [-0.1, -0.05) is 0 Å². The summed E-state index contributed by atoms with van der Waals surface area (Å²) in [6.07, 6.45) is 3.49. The van der Waals surface area contributed by atoms with Crippen LogP contribution in [0, 0.1) is 5.82 Å². The quantitative estimate of drug-likeness (QED) is 0.498. The third-order valence-corrected chi connectivity index (χ3v) is 2.13. The van der Waals surface area contributed by atoms with E-state index in [4.69, 9.17) is 5.73 Å². The van der Waals surface area contributed by atoms with Crippen molar-refractivity contribution in [1.82, 2.24) is 10.3 Å². The van der Waals surface area contributed by atoms with E-state index in [-0.39, 0.29) is 29.8 Å². The standard InChI is InChI=1S/C10H13FN4.HI/c11-7-1-2-9(13-5-7)6-14-10(12)15-8-3-4-8;/h1-2,5,8H,3-4,6H2,(H3,12,14,15);1H. The number of guanidine groups is 1. The van der Waals surface area contributed by atoms with Gasteiger partial charge in [0.15, 0.2) is 5.96 Å². The first-order chi connectivity index (χ1) is 7.24. The Hall–Kier alpha value is -0.920. The summed E-state index contributed by atoms with van der Waals surface area (Å²) in [7, 11) is 0. The molecule has 6 heteroatoms. The average molecular weight is 336 g/mol. The van der Waals surface area contributed by atoms with Crippen molar-refractivity contribution in [1.29, 1.82) is 0 Å². The minimum absolute atomic E-state index is 0. The maximum atomic E-state index is 12.5. The summed E-state index contributed by atoms with van der Waals surface area (Å²) in [6.45, 7) is 0.381. The summed E-state index contributed by atoms with van der Waals surface area (Å²) in [5, 5.41) is 3.06. The molecule has 16 heavy (non-hydrogen) atoms. The summed E-state index contributed by atoms with van der Waals surface area (Å²) in [6, 6.07) is 3.46. The van der Waals surface area contributed by atoms with E-state index < -0.39 is 0 Å². The smallest absolute Gasteiger partial charge is 0.189 e. The molecule has 2 rings (SSSR count). The van der Waals surface area contributed by atoms with Crippen LogP contribution < -0.4 is 11.1 Å². The van der Waals surface area contributed by atoms with Crippen molar-refractivity contribution in [2.24, 2.45) is 10.7 Å². The predicted octanol–water partition coefficient (Wildman–Crippen LogP) is 1.41. The second kappa shape index (κ2) is 5.97. The molecule has 1 aromatic rings. The Bertz CT molecular complexity index is 362. The third-order valence-electron chi connectivity index (χ3n) is 2.13. The highest BCUT2D eigenvalue weighted by molar-refractivity contribution is 14.0. The maximum absolute atomic E-state index is 12.5. The Morgan fingerprint density at radius 3 is 2.88 bits per heavy atom. The number of nitrogens with zero attached hydrogens (tertiary/aromatic N) is 2. The molecule has 0 aromatic carbocycles. The molecule has 0 aliphatic heterocycles. The van der Waals surface area contributed by atoms with Gasteiger partial charge in [-0.15, -0.1) is 24.0 Å². The Labute approximate surface area is 111 Å². The number of nitrogens with one attached hydrogen (secondary N) is 1. The van der Waals surface area contributed by atoms with Gasteiger partial charge >= 0.3 is 0 Å². The highest BCUT2D eigenvalue weighted by Gasteiger charge is 2.21. The van der Waals surface area contributed by atoms with E-state index >= 15 is 0 Å². The van der Waals surface area contributed by atoms with Gasteiger partial charge in [0.2, 0.25) is 0 Å². The van der Waals surface area contributed by atoms with Crippen LogP contribution in [-0.2, 0) is 6.54 Å². The van der Waals surface area contributed by atoms with Gasteiger partial charge in [-0.25, -0.2) is 9.38 Å². The molecule has 1 saturated carbocycles. The molecule has 88 valence electrons. The van der Waals surface area contributed by atoms with Gasteiger partial charge in [0.25, 0.3) is 0 Å². The molecule has 0 atom stereocenters. The van der Waals surface area contributed by atoms with Gasteiger partial charge in [-0.2, -0.15) is 0 Å². The first-order valence-corrected chi connectivity index (χ1v) is 4.91. The van der Waals surface area contributed by atoms with Crippen LogP contribution in [0.5, 0.6) is 0 Å². The number of nitrogens with two attached hydrogens (primary N) is 1. The van der Waals surface area contributed by atoms with Crippen LogP contribution >= 0.6 is 24.0 Å². The molecule has 4 nitrogen and oxygen atoms in total. The third kappa shape index (κ3) is 4.30. The van der Waals surface area contributed by atoms with E-state index in [1.165, 1.54) is 12.3 Å². The molecular weight excluding hydrogens is 322 g/mol. The number of rotatable bonds is 3. The molecule has 0 unspecified atom stereocenters. The molecule has 0 amide bonds. The van der Waals surface area contributed by atoms with Crippen LogP contribution in [0.3, 0.4) is 0 Å². The minimum atomic E-state index is -0.341. The van der Waals surface area contributed by atoms with Gasteiger partial charge in [0.05, 0.1) is 18.4 Å². The molecule has 0 spiro atoms. The summed E-state index contributed by atoms with van der Waals surface area (Å²) in [5.41, 5.74) is 6.33. The van der Waals surface area contributed by atoms with Gasteiger partial charge in [0, 0.05) is 6.04 Å². The first-order valence-electron chi connectivity index (χ1n) is 4.91. The van der Waals surface area contributed by atoms with Crippen molar-refractivity contribution in [2.75, 3.05) is 0 Å². The zero-order chi connectivity index (χ0) is 10.7. The fourth-order valence-corrected chi connectivity index (χ4v) is 1.15. The fourth-order valence-electron chi connectivity index (χ4n) is 1.15. The fraction of sp³-hybridized carbons (Fsp3) is 0.400. The molecule has 3 N–H and O–H groups in total. The first kappa shape index (κ1) is 13.1. The van der Waals surface area contributed by atoms with E-state index in [0.29, 0.717) is 24.2 Å². The molecule has 1 heterocycles. The predicted molar refractivity (Wildman–Crippen MR) is 71.1 cm³/mol. The second-order valence-corrected chi connectivity index (χ2v) is 3.59. The maximum Gasteiger partial charge on any atom is 0.189 e. The number of aliphatic imine (C=N–C) groups is 1. The van der Waals surface area contributed by atoms with Gasteiger partial charge in [-0.05, 0) is 25.0 Å². The molecule has 0 saturated heterocycles. The second-order valence-electron chi connectivity index (χ2n) is 3.59. The number of aromatic nitrogens is 1. The van der Waals surface area contributed by atoms with E-state index in [1.54, 1.807) is 6.07 Å². The molecule has 0 radical (unpaired) electrons. The van der Waals surface area contributed by atoms with E-state index in [9.17, 15) is 4.39 Å². The van der Waals surface area contributed by atoms with E-state index in [2.05, 4.69) is 15.3 Å².